The normalized spacial score (nSPS) is 12.4. The number of hydrogen-bond acceptors (Lipinski definition) is 3. The Labute approximate surface area is 86.5 Å². The topological polar surface area (TPSA) is 89.3 Å². The molecule has 0 heterocycles. The number of aliphatic carboxylic acids is 1. The molecule has 0 aliphatic heterocycles. The molecule has 0 amide bonds. The van der Waals surface area contributed by atoms with Crippen LogP contribution in [0.2, 0.25) is 5.02 Å². The lowest BCUT2D eigenvalue weighted by molar-refractivity contribution is -0.137. The van der Waals surface area contributed by atoms with Crippen LogP contribution in [-0.4, -0.2) is 11.1 Å². The first kappa shape index (κ1) is 10.8. The van der Waals surface area contributed by atoms with Gasteiger partial charge in [-0.05, 0) is 23.8 Å². The minimum atomic E-state index is -0.962. The second-order valence-corrected chi connectivity index (χ2v) is 3.39. The molecule has 0 saturated carbocycles. The van der Waals surface area contributed by atoms with Crippen molar-refractivity contribution < 1.29 is 9.90 Å². The van der Waals surface area contributed by atoms with Crippen LogP contribution in [0.5, 0.6) is 0 Å². The molecule has 5 N–H and O–H groups in total. The van der Waals surface area contributed by atoms with Crippen LogP contribution < -0.4 is 11.5 Å². The molecule has 1 atom stereocenters. The van der Waals surface area contributed by atoms with Crippen molar-refractivity contribution in [1.82, 2.24) is 0 Å². The molecule has 0 saturated heterocycles. The third-order valence-electron chi connectivity index (χ3n) is 1.81. The van der Waals surface area contributed by atoms with Crippen molar-refractivity contribution in [3.05, 3.63) is 28.8 Å². The van der Waals surface area contributed by atoms with E-state index in [4.69, 9.17) is 28.2 Å². The number of anilines is 1. The van der Waals surface area contributed by atoms with Crippen LogP contribution >= 0.6 is 11.6 Å². The Bertz CT molecular complexity index is 355. The van der Waals surface area contributed by atoms with Gasteiger partial charge in [0, 0.05) is 16.8 Å². The maximum Gasteiger partial charge on any atom is 0.305 e. The fourth-order valence-electron chi connectivity index (χ4n) is 1.14. The monoisotopic (exact) mass is 214 g/mol. The molecule has 14 heavy (non-hydrogen) atoms. The van der Waals surface area contributed by atoms with Gasteiger partial charge in [0.05, 0.1) is 6.42 Å². The largest absolute Gasteiger partial charge is 0.481 e. The Hall–Kier alpha value is -1.26. The van der Waals surface area contributed by atoms with E-state index in [-0.39, 0.29) is 6.42 Å². The lowest BCUT2D eigenvalue weighted by Crippen LogP contribution is -2.15. The molecule has 1 aromatic carbocycles. The Balaban J connectivity index is 2.93. The molecule has 0 aromatic heterocycles. The summed E-state index contributed by atoms with van der Waals surface area (Å²) in [6.45, 7) is 0. The number of carbonyl (C=O) groups is 1. The van der Waals surface area contributed by atoms with Gasteiger partial charge in [0.15, 0.2) is 0 Å². The zero-order chi connectivity index (χ0) is 10.7. The van der Waals surface area contributed by atoms with E-state index in [0.29, 0.717) is 16.3 Å². The van der Waals surface area contributed by atoms with E-state index >= 15 is 0 Å². The van der Waals surface area contributed by atoms with Crippen molar-refractivity contribution in [3.63, 3.8) is 0 Å². The van der Waals surface area contributed by atoms with Crippen LogP contribution in [0.3, 0.4) is 0 Å². The van der Waals surface area contributed by atoms with E-state index in [2.05, 4.69) is 0 Å². The summed E-state index contributed by atoms with van der Waals surface area (Å²) in [7, 11) is 0. The molecule has 76 valence electrons. The standard InChI is InChI=1S/C9H11ClN2O2/c10-7-2-1-5(11)3-6(7)8(12)4-9(13)14/h1-3,8H,4,11-12H2,(H,13,14)/t8-/m0/s1. The summed E-state index contributed by atoms with van der Waals surface area (Å²) in [6, 6.07) is 4.21. The molecule has 1 aromatic rings. The van der Waals surface area contributed by atoms with Crippen molar-refractivity contribution in [2.45, 2.75) is 12.5 Å². The lowest BCUT2D eigenvalue weighted by atomic mass is 10.0. The van der Waals surface area contributed by atoms with Gasteiger partial charge in [-0.25, -0.2) is 0 Å². The first-order valence-corrected chi connectivity index (χ1v) is 4.41. The third-order valence-corrected chi connectivity index (χ3v) is 2.16. The number of benzene rings is 1. The van der Waals surface area contributed by atoms with Gasteiger partial charge < -0.3 is 16.6 Å². The summed E-state index contributed by atoms with van der Waals surface area (Å²) in [5.41, 5.74) is 12.3. The Morgan fingerprint density at radius 1 is 1.57 bits per heavy atom. The van der Waals surface area contributed by atoms with Crippen molar-refractivity contribution in [3.8, 4) is 0 Å². The van der Waals surface area contributed by atoms with Crippen molar-refractivity contribution in [1.29, 1.82) is 0 Å². The molecule has 1 rings (SSSR count). The molecule has 0 spiro atoms. The van der Waals surface area contributed by atoms with Gasteiger partial charge in [0.25, 0.3) is 0 Å². The van der Waals surface area contributed by atoms with Crippen molar-refractivity contribution >= 4 is 23.3 Å². The number of carboxylic acids is 1. The number of hydrogen-bond donors (Lipinski definition) is 3. The van der Waals surface area contributed by atoms with Crippen LogP contribution in [0, 0.1) is 0 Å². The van der Waals surface area contributed by atoms with Gasteiger partial charge in [0.2, 0.25) is 0 Å². The number of nitrogens with two attached hydrogens (primary N) is 2. The van der Waals surface area contributed by atoms with Gasteiger partial charge >= 0.3 is 5.97 Å². The zero-order valence-corrected chi connectivity index (χ0v) is 8.16. The average Bonchev–Trinajstić information content (AvgIpc) is 2.08. The summed E-state index contributed by atoms with van der Waals surface area (Å²) in [5.74, 6) is -0.962. The number of halogens is 1. The zero-order valence-electron chi connectivity index (χ0n) is 7.40. The Morgan fingerprint density at radius 3 is 2.79 bits per heavy atom. The first-order chi connectivity index (χ1) is 6.50. The van der Waals surface area contributed by atoms with E-state index in [9.17, 15) is 4.79 Å². The van der Waals surface area contributed by atoms with E-state index in [1.165, 1.54) is 0 Å². The molecule has 0 aliphatic rings. The Kier molecular flexibility index (Phi) is 3.33. The molecule has 0 bridgehead atoms. The average molecular weight is 215 g/mol. The van der Waals surface area contributed by atoms with Crippen LogP contribution in [0.15, 0.2) is 18.2 Å². The summed E-state index contributed by atoms with van der Waals surface area (Å²) in [5, 5.41) is 8.99. The quantitative estimate of drug-likeness (QED) is 0.664. The van der Waals surface area contributed by atoms with Crippen LogP contribution in [0.25, 0.3) is 0 Å². The van der Waals surface area contributed by atoms with Gasteiger partial charge in [-0.1, -0.05) is 11.6 Å². The highest BCUT2D eigenvalue weighted by molar-refractivity contribution is 6.31. The Morgan fingerprint density at radius 2 is 2.21 bits per heavy atom. The SMILES string of the molecule is Nc1ccc(Cl)c([C@@H](N)CC(=O)O)c1. The maximum absolute atomic E-state index is 10.4. The number of carboxylic acid groups (broad SMARTS) is 1. The van der Waals surface area contributed by atoms with Gasteiger partial charge in [-0.15, -0.1) is 0 Å². The fraction of sp³-hybridized carbons (Fsp3) is 0.222. The minimum absolute atomic E-state index is 0.164. The molecule has 0 radical (unpaired) electrons. The van der Waals surface area contributed by atoms with Gasteiger partial charge in [-0.2, -0.15) is 0 Å². The van der Waals surface area contributed by atoms with Crippen LogP contribution in [-0.2, 0) is 4.79 Å². The van der Waals surface area contributed by atoms with Crippen molar-refractivity contribution in [2.24, 2.45) is 5.73 Å². The van der Waals surface area contributed by atoms with E-state index in [1.54, 1.807) is 18.2 Å². The van der Waals surface area contributed by atoms with Crippen molar-refractivity contribution in [2.75, 3.05) is 5.73 Å². The lowest BCUT2D eigenvalue weighted by Gasteiger charge is -2.11. The van der Waals surface area contributed by atoms with E-state index < -0.39 is 12.0 Å². The summed E-state index contributed by atoms with van der Waals surface area (Å²) in [4.78, 5) is 10.4. The van der Waals surface area contributed by atoms with Gasteiger partial charge in [-0.3, -0.25) is 4.79 Å². The van der Waals surface area contributed by atoms with Gasteiger partial charge in [0.1, 0.15) is 0 Å². The fourth-order valence-corrected chi connectivity index (χ4v) is 1.40. The maximum atomic E-state index is 10.4. The predicted octanol–water partition coefficient (Wildman–Crippen LogP) is 1.40. The highest BCUT2D eigenvalue weighted by Gasteiger charge is 2.13. The third kappa shape index (κ3) is 2.61. The predicted molar refractivity (Wildman–Crippen MR) is 55.0 cm³/mol. The molecule has 0 unspecified atom stereocenters. The van der Waals surface area contributed by atoms with Crippen LogP contribution in [0.4, 0.5) is 5.69 Å². The second kappa shape index (κ2) is 4.30. The second-order valence-electron chi connectivity index (χ2n) is 2.99. The minimum Gasteiger partial charge on any atom is -0.481 e. The van der Waals surface area contributed by atoms with E-state index in [1.807, 2.05) is 0 Å². The molecule has 4 nitrogen and oxygen atoms in total. The summed E-state index contributed by atoms with van der Waals surface area (Å²) >= 11 is 5.85. The number of nitrogen functional groups attached to an aromatic ring is 1. The summed E-state index contributed by atoms with van der Waals surface area (Å²) in [6.07, 6.45) is -0.164. The highest BCUT2D eigenvalue weighted by atomic mass is 35.5. The first-order valence-electron chi connectivity index (χ1n) is 4.03. The molecule has 0 fully saturated rings. The number of rotatable bonds is 3. The molecular formula is C9H11ClN2O2. The van der Waals surface area contributed by atoms with Crippen LogP contribution in [0.1, 0.15) is 18.0 Å². The molecular weight excluding hydrogens is 204 g/mol. The summed E-state index contributed by atoms with van der Waals surface area (Å²) < 4.78 is 0. The smallest absolute Gasteiger partial charge is 0.305 e. The molecule has 0 aliphatic carbocycles. The highest BCUT2D eigenvalue weighted by Crippen LogP contribution is 2.25. The molecule has 5 heteroatoms. The van der Waals surface area contributed by atoms with E-state index in [0.717, 1.165) is 0 Å².